The Kier molecular flexibility index (Phi) is 7.16. The van der Waals surface area contributed by atoms with Crippen LogP contribution in [-0.2, 0) is 14.3 Å². The topological polar surface area (TPSA) is 60.9 Å². The molecule has 0 N–H and O–H groups in total. The minimum atomic E-state index is -1.04. The van der Waals surface area contributed by atoms with E-state index >= 15 is 0 Å². The van der Waals surface area contributed by atoms with E-state index in [9.17, 15) is 13.6 Å². The summed E-state index contributed by atoms with van der Waals surface area (Å²) in [5, 5.41) is 2.62. The number of unbranched alkanes of at least 4 members (excludes halogenated alkanes) is 1. The first-order chi connectivity index (χ1) is 13.6. The van der Waals surface area contributed by atoms with E-state index in [0.717, 1.165) is 24.3 Å². The molecule has 0 bridgehead atoms. The number of halogens is 2. The van der Waals surface area contributed by atoms with E-state index in [4.69, 9.17) is 9.47 Å². The van der Waals surface area contributed by atoms with Crippen molar-refractivity contribution in [2.24, 2.45) is 0 Å². The third kappa shape index (κ3) is 4.96. The quantitative estimate of drug-likeness (QED) is 0.487. The third-order valence-electron chi connectivity index (χ3n) is 4.35. The van der Waals surface area contributed by atoms with Gasteiger partial charge in [0.15, 0.2) is 16.7 Å². The zero-order valence-corrected chi connectivity index (χ0v) is 16.4. The van der Waals surface area contributed by atoms with E-state index in [2.05, 4.69) is 14.6 Å². The van der Waals surface area contributed by atoms with E-state index in [0.29, 0.717) is 37.3 Å². The molecule has 3 rings (SSSR count). The molecule has 0 saturated carbocycles. The summed E-state index contributed by atoms with van der Waals surface area (Å²) >= 11 is 1.44. The Morgan fingerprint density at radius 2 is 2.07 bits per heavy atom. The molecule has 0 spiro atoms. The number of morpholine rings is 1. The second-order valence-electron chi connectivity index (χ2n) is 6.23. The van der Waals surface area contributed by atoms with Gasteiger partial charge in [-0.25, -0.2) is 9.37 Å². The van der Waals surface area contributed by atoms with Gasteiger partial charge in [0.25, 0.3) is 0 Å². The Hall–Kier alpha value is -2.26. The van der Waals surface area contributed by atoms with Gasteiger partial charge in [0.1, 0.15) is 0 Å². The van der Waals surface area contributed by atoms with Crippen molar-refractivity contribution in [3.8, 4) is 17.0 Å². The summed E-state index contributed by atoms with van der Waals surface area (Å²) < 4.78 is 43.6. The molecule has 1 aliphatic heterocycles. The van der Waals surface area contributed by atoms with Gasteiger partial charge < -0.3 is 19.1 Å². The largest absolute Gasteiger partial charge is 0.490 e. The number of methoxy groups -OCH3 is 1. The molecule has 0 radical (unpaired) electrons. The SMILES string of the molecule is COC(=O)CCCCOc1c(-c2csc(N3CCOCC3)n2)ccc(F)c1F. The number of rotatable bonds is 8. The molecule has 1 aromatic heterocycles. The number of hydrogen-bond acceptors (Lipinski definition) is 7. The van der Waals surface area contributed by atoms with Crippen molar-refractivity contribution in [2.75, 3.05) is 44.9 Å². The van der Waals surface area contributed by atoms with Gasteiger partial charge in [0, 0.05) is 30.5 Å². The van der Waals surface area contributed by atoms with Crippen LogP contribution < -0.4 is 9.64 Å². The fourth-order valence-electron chi connectivity index (χ4n) is 2.81. The van der Waals surface area contributed by atoms with Gasteiger partial charge in [-0.2, -0.15) is 4.39 Å². The Balaban J connectivity index is 1.71. The average molecular weight is 412 g/mol. The monoisotopic (exact) mass is 412 g/mol. The highest BCUT2D eigenvalue weighted by molar-refractivity contribution is 7.14. The van der Waals surface area contributed by atoms with Crippen molar-refractivity contribution < 1.29 is 27.8 Å². The van der Waals surface area contributed by atoms with Gasteiger partial charge in [-0.15, -0.1) is 11.3 Å². The smallest absolute Gasteiger partial charge is 0.305 e. The number of thiazole rings is 1. The van der Waals surface area contributed by atoms with Crippen LogP contribution in [-0.4, -0.2) is 51.0 Å². The summed E-state index contributed by atoms with van der Waals surface area (Å²) in [7, 11) is 1.33. The van der Waals surface area contributed by atoms with Gasteiger partial charge in [0.2, 0.25) is 5.82 Å². The van der Waals surface area contributed by atoms with Crippen LogP contribution in [0.2, 0.25) is 0 Å². The number of nitrogens with zero attached hydrogens (tertiary/aromatic N) is 2. The molecule has 6 nitrogen and oxygen atoms in total. The predicted octanol–water partition coefficient (Wildman–Crippen LogP) is 3.65. The standard InChI is InChI=1S/C19H22F2N2O4S/c1-25-16(24)4-2-3-9-27-18-13(5-6-14(20)17(18)21)15-12-28-19(22-15)23-7-10-26-11-8-23/h5-6,12H,2-4,7-11H2,1H3. The molecule has 9 heteroatoms. The highest BCUT2D eigenvalue weighted by Gasteiger charge is 2.20. The number of carbonyl (C=O) groups excluding carboxylic acids is 1. The van der Waals surface area contributed by atoms with Crippen LogP contribution in [0.4, 0.5) is 13.9 Å². The minimum Gasteiger partial charge on any atom is -0.490 e. The maximum atomic E-state index is 14.4. The second-order valence-corrected chi connectivity index (χ2v) is 7.07. The van der Waals surface area contributed by atoms with Crippen LogP contribution in [0.5, 0.6) is 5.75 Å². The number of aromatic nitrogens is 1. The number of carbonyl (C=O) groups is 1. The van der Waals surface area contributed by atoms with Gasteiger partial charge in [-0.3, -0.25) is 4.79 Å². The first kappa shape index (κ1) is 20.5. The minimum absolute atomic E-state index is 0.156. The number of benzene rings is 1. The third-order valence-corrected chi connectivity index (χ3v) is 5.25. The lowest BCUT2D eigenvalue weighted by atomic mass is 10.1. The van der Waals surface area contributed by atoms with Crippen molar-refractivity contribution in [1.29, 1.82) is 0 Å². The zero-order valence-electron chi connectivity index (χ0n) is 15.6. The van der Waals surface area contributed by atoms with E-state index in [1.807, 2.05) is 5.38 Å². The molecule has 1 fully saturated rings. The second kappa shape index (κ2) is 9.79. The van der Waals surface area contributed by atoms with Crippen molar-refractivity contribution in [3.63, 3.8) is 0 Å². The predicted molar refractivity (Wildman–Crippen MR) is 102 cm³/mol. The lowest BCUT2D eigenvalue weighted by Crippen LogP contribution is -2.36. The molecule has 0 amide bonds. The summed E-state index contributed by atoms with van der Waals surface area (Å²) in [5.74, 6) is -2.48. The van der Waals surface area contributed by atoms with E-state index in [1.165, 1.54) is 24.5 Å². The summed E-state index contributed by atoms with van der Waals surface area (Å²) in [6.45, 7) is 2.92. The molecule has 28 heavy (non-hydrogen) atoms. The van der Waals surface area contributed by atoms with Crippen molar-refractivity contribution in [3.05, 3.63) is 29.1 Å². The normalized spacial score (nSPS) is 14.2. The fraction of sp³-hybridized carbons (Fsp3) is 0.474. The Bertz CT molecular complexity index is 809. The van der Waals surface area contributed by atoms with Crippen molar-refractivity contribution in [2.45, 2.75) is 19.3 Å². The number of ether oxygens (including phenoxy) is 3. The number of hydrogen-bond donors (Lipinski definition) is 0. The first-order valence-electron chi connectivity index (χ1n) is 9.06. The molecule has 0 unspecified atom stereocenters. The molecule has 2 aromatic rings. The number of anilines is 1. The molecule has 1 saturated heterocycles. The molecule has 0 atom stereocenters. The maximum absolute atomic E-state index is 14.4. The van der Waals surface area contributed by atoms with Crippen LogP contribution in [0, 0.1) is 11.6 Å². The van der Waals surface area contributed by atoms with Crippen molar-refractivity contribution in [1.82, 2.24) is 4.98 Å². The maximum Gasteiger partial charge on any atom is 0.305 e. The fourth-order valence-corrected chi connectivity index (χ4v) is 3.69. The molecule has 152 valence electrons. The van der Waals surface area contributed by atoms with Crippen LogP contribution in [0.25, 0.3) is 11.3 Å². The van der Waals surface area contributed by atoms with Crippen LogP contribution in [0.1, 0.15) is 19.3 Å². The Labute approximate surface area is 166 Å². The van der Waals surface area contributed by atoms with Crippen LogP contribution >= 0.6 is 11.3 Å². The summed E-state index contributed by atoms with van der Waals surface area (Å²) in [6.07, 6.45) is 1.31. The molecule has 0 aliphatic carbocycles. The average Bonchev–Trinajstić information content (AvgIpc) is 3.21. The molecule has 2 heterocycles. The summed E-state index contributed by atoms with van der Waals surface area (Å²) in [6, 6.07) is 2.54. The molecule has 1 aliphatic rings. The van der Waals surface area contributed by atoms with Gasteiger partial charge in [-0.1, -0.05) is 0 Å². The molecule has 1 aromatic carbocycles. The van der Waals surface area contributed by atoms with Gasteiger partial charge in [0.05, 0.1) is 32.6 Å². The Morgan fingerprint density at radius 3 is 2.82 bits per heavy atom. The van der Waals surface area contributed by atoms with Crippen LogP contribution in [0.15, 0.2) is 17.5 Å². The lowest BCUT2D eigenvalue weighted by Gasteiger charge is -2.26. The zero-order chi connectivity index (χ0) is 19.9. The summed E-state index contributed by atoms with van der Waals surface area (Å²) in [4.78, 5) is 17.8. The highest BCUT2D eigenvalue weighted by Crippen LogP contribution is 2.36. The lowest BCUT2D eigenvalue weighted by molar-refractivity contribution is -0.140. The van der Waals surface area contributed by atoms with Crippen molar-refractivity contribution >= 4 is 22.4 Å². The molecular formula is C19H22F2N2O4S. The summed E-state index contributed by atoms with van der Waals surface area (Å²) in [5.41, 5.74) is 0.942. The van der Waals surface area contributed by atoms with Crippen LogP contribution in [0.3, 0.4) is 0 Å². The van der Waals surface area contributed by atoms with E-state index < -0.39 is 11.6 Å². The highest BCUT2D eigenvalue weighted by atomic mass is 32.1. The van der Waals surface area contributed by atoms with Gasteiger partial charge >= 0.3 is 5.97 Å². The Morgan fingerprint density at radius 1 is 1.29 bits per heavy atom. The molecular weight excluding hydrogens is 390 g/mol. The van der Waals surface area contributed by atoms with E-state index in [1.54, 1.807) is 0 Å². The van der Waals surface area contributed by atoms with E-state index in [-0.39, 0.29) is 24.7 Å². The first-order valence-corrected chi connectivity index (χ1v) is 9.94. The van der Waals surface area contributed by atoms with Gasteiger partial charge in [-0.05, 0) is 25.0 Å². The number of esters is 1.